The van der Waals surface area contributed by atoms with Crippen LogP contribution in [-0.2, 0) is 14.3 Å². The monoisotopic (exact) mass is 186 g/mol. The van der Waals surface area contributed by atoms with Gasteiger partial charge in [-0.1, -0.05) is 0 Å². The molecule has 0 saturated carbocycles. The van der Waals surface area contributed by atoms with Crippen LogP contribution in [0.1, 0.15) is 19.3 Å². The lowest BCUT2D eigenvalue weighted by molar-refractivity contribution is -0.147. The molecule has 4 nitrogen and oxygen atoms in total. The highest BCUT2D eigenvalue weighted by Crippen LogP contribution is 2.39. The Bertz CT molecular complexity index is 208. The van der Waals surface area contributed by atoms with Crippen LogP contribution < -0.4 is 0 Å². The first-order valence-corrected chi connectivity index (χ1v) is 4.64. The maximum Gasteiger partial charge on any atom is 0.332 e. The molecule has 2 atom stereocenters. The first kappa shape index (κ1) is 8.97. The van der Waals surface area contributed by atoms with Crippen molar-refractivity contribution >= 4 is 5.97 Å². The van der Waals surface area contributed by atoms with E-state index in [1.807, 2.05) is 0 Å². The average molecular weight is 186 g/mol. The molecule has 2 fully saturated rings. The highest BCUT2D eigenvalue weighted by Gasteiger charge is 2.44. The zero-order valence-electron chi connectivity index (χ0n) is 7.49. The van der Waals surface area contributed by atoms with Crippen LogP contribution in [0, 0.1) is 5.41 Å². The van der Waals surface area contributed by atoms with Crippen LogP contribution in [0.5, 0.6) is 0 Å². The van der Waals surface area contributed by atoms with E-state index < -0.39 is 12.1 Å². The van der Waals surface area contributed by atoms with E-state index in [0.717, 1.165) is 19.4 Å². The predicted octanol–water partition coefficient (Wildman–Crippen LogP) is 0.657. The molecule has 0 radical (unpaired) electrons. The average Bonchev–Trinajstić information content (AvgIpc) is 2.51. The third kappa shape index (κ3) is 1.69. The van der Waals surface area contributed by atoms with Crippen molar-refractivity contribution in [3.05, 3.63) is 0 Å². The maximum absolute atomic E-state index is 10.7. The number of hydrogen-bond donors (Lipinski definition) is 1. The minimum Gasteiger partial charge on any atom is -0.479 e. The van der Waals surface area contributed by atoms with Crippen molar-refractivity contribution in [2.45, 2.75) is 25.4 Å². The molecule has 2 aliphatic heterocycles. The molecule has 1 N–H and O–H groups in total. The molecule has 0 aromatic rings. The Labute approximate surface area is 76.8 Å². The summed E-state index contributed by atoms with van der Waals surface area (Å²) in [4.78, 5) is 10.7. The third-order valence-electron chi connectivity index (χ3n) is 2.89. The van der Waals surface area contributed by atoms with Gasteiger partial charge in [0.2, 0.25) is 0 Å². The summed E-state index contributed by atoms with van der Waals surface area (Å²) in [5.74, 6) is -0.845. The Balaban J connectivity index is 1.98. The Morgan fingerprint density at radius 3 is 2.85 bits per heavy atom. The van der Waals surface area contributed by atoms with Gasteiger partial charge in [-0.25, -0.2) is 4.79 Å². The van der Waals surface area contributed by atoms with E-state index in [2.05, 4.69) is 0 Å². The number of rotatable bonds is 1. The molecule has 2 unspecified atom stereocenters. The summed E-state index contributed by atoms with van der Waals surface area (Å²) >= 11 is 0. The quantitative estimate of drug-likeness (QED) is 0.653. The molecule has 13 heavy (non-hydrogen) atoms. The molecule has 0 aliphatic carbocycles. The molecule has 2 aliphatic rings. The van der Waals surface area contributed by atoms with Crippen molar-refractivity contribution < 1.29 is 19.4 Å². The fraction of sp³-hybridized carbons (Fsp3) is 0.889. The van der Waals surface area contributed by atoms with Gasteiger partial charge in [-0.15, -0.1) is 0 Å². The smallest absolute Gasteiger partial charge is 0.332 e. The minimum absolute atomic E-state index is 0.00130. The highest BCUT2D eigenvalue weighted by molar-refractivity contribution is 5.72. The van der Waals surface area contributed by atoms with Crippen LogP contribution in [0.3, 0.4) is 0 Å². The van der Waals surface area contributed by atoms with Crippen molar-refractivity contribution in [3.8, 4) is 0 Å². The van der Waals surface area contributed by atoms with Gasteiger partial charge in [-0.3, -0.25) is 0 Å². The van der Waals surface area contributed by atoms with Gasteiger partial charge in [-0.05, 0) is 19.3 Å². The summed E-state index contributed by atoms with van der Waals surface area (Å²) in [6.07, 6.45) is 2.07. The number of ether oxygens (including phenoxy) is 2. The standard InChI is InChI=1S/C9H14O4/c10-8(11)7-4-9(6-13-7)2-1-3-12-5-9/h7H,1-6H2,(H,10,11). The highest BCUT2D eigenvalue weighted by atomic mass is 16.5. The molecule has 4 heteroatoms. The normalized spacial score (nSPS) is 39.5. The van der Waals surface area contributed by atoms with Gasteiger partial charge in [-0.2, -0.15) is 0 Å². The topological polar surface area (TPSA) is 55.8 Å². The van der Waals surface area contributed by atoms with E-state index in [1.165, 1.54) is 0 Å². The van der Waals surface area contributed by atoms with E-state index >= 15 is 0 Å². The molecular formula is C9H14O4. The SMILES string of the molecule is O=C(O)C1CC2(CCCOC2)CO1. The van der Waals surface area contributed by atoms with Crippen LogP contribution in [0.15, 0.2) is 0 Å². The van der Waals surface area contributed by atoms with Crippen LogP contribution in [0.2, 0.25) is 0 Å². The van der Waals surface area contributed by atoms with Crippen molar-refractivity contribution in [2.24, 2.45) is 5.41 Å². The molecule has 1 spiro atoms. The molecule has 0 aromatic heterocycles. The molecule has 2 rings (SSSR count). The van der Waals surface area contributed by atoms with Gasteiger partial charge in [0.15, 0.2) is 6.10 Å². The summed E-state index contributed by atoms with van der Waals surface area (Å²) < 4.78 is 10.6. The zero-order valence-corrected chi connectivity index (χ0v) is 7.49. The van der Waals surface area contributed by atoms with Crippen LogP contribution in [0.25, 0.3) is 0 Å². The van der Waals surface area contributed by atoms with Gasteiger partial charge < -0.3 is 14.6 Å². The van der Waals surface area contributed by atoms with Gasteiger partial charge in [0.25, 0.3) is 0 Å². The third-order valence-corrected chi connectivity index (χ3v) is 2.89. The summed E-state index contributed by atoms with van der Waals surface area (Å²) in [5.41, 5.74) is 0.00130. The van der Waals surface area contributed by atoms with Crippen molar-refractivity contribution in [3.63, 3.8) is 0 Å². The van der Waals surface area contributed by atoms with Crippen molar-refractivity contribution in [1.29, 1.82) is 0 Å². The Morgan fingerprint density at radius 1 is 1.46 bits per heavy atom. The van der Waals surface area contributed by atoms with E-state index in [4.69, 9.17) is 14.6 Å². The van der Waals surface area contributed by atoms with E-state index in [-0.39, 0.29) is 5.41 Å². The minimum atomic E-state index is -0.845. The lowest BCUT2D eigenvalue weighted by Gasteiger charge is -2.31. The maximum atomic E-state index is 10.7. The number of carboxylic acid groups (broad SMARTS) is 1. The van der Waals surface area contributed by atoms with Gasteiger partial charge in [0.1, 0.15) is 0 Å². The first-order chi connectivity index (χ1) is 6.22. The van der Waals surface area contributed by atoms with Gasteiger partial charge >= 0.3 is 5.97 Å². The summed E-state index contributed by atoms with van der Waals surface area (Å²) in [5, 5.41) is 8.76. The molecule has 0 aromatic carbocycles. The molecule has 74 valence electrons. The largest absolute Gasteiger partial charge is 0.479 e. The molecular weight excluding hydrogens is 172 g/mol. The molecule has 2 saturated heterocycles. The van der Waals surface area contributed by atoms with Crippen LogP contribution >= 0.6 is 0 Å². The molecule has 0 bridgehead atoms. The van der Waals surface area contributed by atoms with Crippen LogP contribution in [-0.4, -0.2) is 37.0 Å². The van der Waals surface area contributed by atoms with E-state index in [1.54, 1.807) is 0 Å². The summed E-state index contributed by atoms with van der Waals surface area (Å²) in [7, 11) is 0. The number of carboxylic acids is 1. The van der Waals surface area contributed by atoms with E-state index in [0.29, 0.717) is 19.6 Å². The Kier molecular flexibility index (Phi) is 2.26. The van der Waals surface area contributed by atoms with Gasteiger partial charge in [0.05, 0.1) is 13.2 Å². The summed E-state index contributed by atoms with van der Waals surface area (Å²) in [6.45, 7) is 2.01. The van der Waals surface area contributed by atoms with Gasteiger partial charge in [0, 0.05) is 12.0 Å². The van der Waals surface area contributed by atoms with Crippen LogP contribution in [0.4, 0.5) is 0 Å². The number of aliphatic carboxylic acids is 1. The molecule has 2 heterocycles. The molecule has 0 amide bonds. The summed E-state index contributed by atoms with van der Waals surface area (Å²) in [6, 6.07) is 0. The van der Waals surface area contributed by atoms with Crippen molar-refractivity contribution in [2.75, 3.05) is 19.8 Å². The number of carbonyl (C=O) groups is 1. The second-order valence-corrected chi connectivity index (χ2v) is 4.00. The fourth-order valence-electron chi connectivity index (χ4n) is 2.13. The van der Waals surface area contributed by atoms with Crippen molar-refractivity contribution in [1.82, 2.24) is 0 Å². The lowest BCUT2D eigenvalue weighted by Crippen LogP contribution is -2.32. The van der Waals surface area contributed by atoms with E-state index in [9.17, 15) is 4.79 Å². The second kappa shape index (κ2) is 3.27. The fourth-order valence-corrected chi connectivity index (χ4v) is 2.13. The second-order valence-electron chi connectivity index (χ2n) is 4.00. The lowest BCUT2D eigenvalue weighted by atomic mass is 9.80. The number of hydrogen-bond acceptors (Lipinski definition) is 3. The first-order valence-electron chi connectivity index (χ1n) is 4.64. The zero-order chi connectivity index (χ0) is 9.31. The Morgan fingerprint density at radius 2 is 2.31 bits per heavy atom. The Hall–Kier alpha value is -0.610. The predicted molar refractivity (Wildman–Crippen MR) is 44.5 cm³/mol.